The molecule has 4 heteroatoms. The van der Waals surface area contributed by atoms with Gasteiger partial charge in [0, 0.05) is 19.2 Å². The first kappa shape index (κ1) is 13.2. The Bertz CT molecular complexity index is 267. The summed E-state index contributed by atoms with van der Waals surface area (Å²) in [6.07, 6.45) is 6.27. The van der Waals surface area contributed by atoms with Gasteiger partial charge in [-0.1, -0.05) is 24.8 Å². The fraction of sp³-hybridized carbons (Fsp3) is 0.750. The predicted octanol–water partition coefficient (Wildman–Crippen LogP) is 1.30. The fourth-order valence-corrected chi connectivity index (χ4v) is 2.14. The first-order valence-electron chi connectivity index (χ1n) is 5.85. The molecule has 1 aliphatic rings. The zero-order valence-corrected chi connectivity index (χ0v) is 9.83. The van der Waals surface area contributed by atoms with E-state index in [0.717, 1.165) is 31.3 Å². The van der Waals surface area contributed by atoms with Crippen LogP contribution in [0.4, 0.5) is 0 Å². The number of hydrogen-bond donors (Lipinski definition) is 3. The third-order valence-electron chi connectivity index (χ3n) is 3.01. The highest BCUT2D eigenvalue weighted by atomic mass is 16.4. The van der Waals surface area contributed by atoms with Gasteiger partial charge in [-0.05, 0) is 19.8 Å². The van der Waals surface area contributed by atoms with Crippen molar-refractivity contribution in [2.75, 3.05) is 13.1 Å². The van der Waals surface area contributed by atoms with Crippen molar-refractivity contribution in [3.63, 3.8) is 0 Å². The summed E-state index contributed by atoms with van der Waals surface area (Å²) in [7, 11) is 0. The molecule has 0 heterocycles. The van der Waals surface area contributed by atoms with Crippen LogP contribution in [0, 0.1) is 0 Å². The first-order chi connectivity index (χ1) is 7.52. The lowest BCUT2D eigenvalue weighted by Crippen LogP contribution is -2.42. The molecule has 0 amide bonds. The Kier molecular flexibility index (Phi) is 4.96. The number of aliphatic hydroxyl groups is 1. The second-order valence-corrected chi connectivity index (χ2v) is 4.72. The number of carboxylic acid groups (broad SMARTS) is 1. The maximum absolute atomic E-state index is 10.4. The van der Waals surface area contributed by atoms with Crippen LogP contribution in [0.5, 0.6) is 0 Å². The summed E-state index contributed by atoms with van der Waals surface area (Å²) in [6, 6.07) is 0. The van der Waals surface area contributed by atoms with Crippen LogP contribution in [0.3, 0.4) is 0 Å². The predicted molar refractivity (Wildman–Crippen MR) is 62.3 cm³/mol. The minimum atomic E-state index is -0.921. The molecule has 0 atom stereocenters. The standard InChI is InChI=1S/C12H21NO3/c1-10(7-11(14)15)8-13-9-12(16)5-3-2-4-6-12/h7,13,16H,2-6,8-9H2,1H3,(H,14,15). The van der Waals surface area contributed by atoms with Crippen molar-refractivity contribution in [1.29, 1.82) is 0 Å². The molecule has 0 saturated heterocycles. The van der Waals surface area contributed by atoms with E-state index in [2.05, 4.69) is 5.32 Å². The lowest BCUT2D eigenvalue weighted by molar-refractivity contribution is -0.131. The van der Waals surface area contributed by atoms with E-state index in [-0.39, 0.29) is 0 Å². The summed E-state index contributed by atoms with van der Waals surface area (Å²) < 4.78 is 0. The molecular weight excluding hydrogens is 206 g/mol. The SMILES string of the molecule is CC(=CC(=O)O)CNCC1(O)CCCCC1. The Morgan fingerprint density at radius 2 is 2.00 bits per heavy atom. The highest BCUT2D eigenvalue weighted by molar-refractivity contribution is 5.80. The van der Waals surface area contributed by atoms with Crippen LogP contribution in [0.15, 0.2) is 11.6 Å². The van der Waals surface area contributed by atoms with E-state index in [1.807, 2.05) is 0 Å². The van der Waals surface area contributed by atoms with Crippen LogP contribution in [-0.4, -0.2) is 34.9 Å². The summed E-state index contributed by atoms with van der Waals surface area (Å²) in [4.78, 5) is 10.4. The molecule has 0 aromatic rings. The van der Waals surface area contributed by atoms with Gasteiger partial charge in [-0.2, -0.15) is 0 Å². The molecule has 1 saturated carbocycles. The molecule has 0 aromatic carbocycles. The highest BCUT2D eigenvalue weighted by Gasteiger charge is 2.28. The zero-order valence-electron chi connectivity index (χ0n) is 9.83. The van der Waals surface area contributed by atoms with E-state index in [9.17, 15) is 9.90 Å². The van der Waals surface area contributed by atoms with Crippen molar-refractivity contribution in [3.05, 3.63) is 11.6 Å². The Balaban J connectivity index is 2.26. The first-order valence-corrected chi connectivity index (χ1v) is 5.85. The van der Waals surface area contributed by atoms with Gasteiger partial charge < -0.3 is 15.5 Å². The molecule has 1 aliphatic carbocycles. The van der Waals surface area contributed by atoms with Gasteiger partial charge in [0.05, 0.1) is 5.60 Å². The van der Waals surface area contributed by atoms with Gasteiger partial charge in [0.1, 0.15) is 0 Å². The Labute approximate surface area is 96.4 Å². The van der Waals surface area contributed by atoms with Gasteiger partial charge in [0.2, 0.25) is 0 Å². The van der Waals surface area contributed by atoms with Crippen LogP contribution in [-0.2, 0) is 4.79 Å². The average molecular weight is 227 g/mol. The summed E-state index contributed by atoms with van der Waals surface area (Å²) in [5.41, 5.74) is 0.189. The summed E-state index contributed by atoms with van der Waals surface area (Å²) in [5, 5.41) is 21.8. The molecule has 3 N–H and O–H groups in total. The number of nitrogens with one attached hydrogen (secondary N) is 1. The van der Waals surface area contributed by atoms with Crippen molar-refractivity contribution < 1.29 is 15.0 Å². The summed E-state index contributed by atoms with van der Waals surface area (Å²) in [6.45, 7) is 2.85. The van der Waals surface area contributed by atoms with Gasteiger partial charge in [-0.3, -0.25) is 0 Å². The molecule has 4 nitrogen and oxygen atoms in total. The molecule has 92 valence electrons. The second-order valence-electron chi connectivity index (χ2n) is 4.72. The van der Waals surface area contributed by atoms with E-state index in [1.165, 1.54) is 12.5 Å². The third kappa shape index (κ3) is 4.77. The average Bonchev–Trinajstić information content (AvgIpc) is 2.17. The van der Waals surface area contributed by atoms with Gasteiger partial charge in [-0.25, -0.2) is 4.79 Å². The topological polar surface area (TPSA) is 69.6 Å². The maximum atomic E-state index is 10.4. The van der Waals surface area contributed by atoms with E-state index in [4.69, 9.17) is 5.11 Å². The van der Waals surface area contributed by atoms with E-state index < -0.39 is 11.6 Å². The highest BCUT2D eigenvalue weighted by Crippen LogP contribution is 2.27. The van der Waals surface area contributed by atoms with Crippen LogP contribution >= 0.6 is 0 Å². The molecular formula is C12H21NO3. The van der Waals surface area contributed by atoms with Crippen LogP contribution in [0.25, 0.3) is 0 Å². The van der Waals surface area contributed by atoms with Gasteiger partial charge in [0.15, 0.2) is 0 Å². The summed E-state index contributed by atoms with van der Waals surface area (Å²) in [5.74, 6) is -0.921. The fourth-order valence-electron chi connectivity index (χ4n) is 2.14. The van der Waals surface area contributed by atoms with Gasteiger partial charge in [-0.15, -0.1) is 0 Å². The van der Waals surface area contributed by atoms with Crippen molar-refractivity contribution >= 4 is 5.97 Å². The van der Waals surface area contributed by atoms with Gasteiger partial charge >= 0.3 is 5.97 Å². The molecule has 0 aromatic heterocycles. The van der Waals surface area contributed by atoms with E-state index in [0.29, 0.717) is 13.1 Å². The second kappa shape index (κ2) is 6.01. The maximum Gasteiger partial charge on any atom is 0.328 e. The van der Waals surface area contributed by atoms with Crippen molar-refractivity contribution in [3.8, 4) is 0 Å². The van der Waals surface area contributed by atoms with Crippen molar-refractivity contribution in [2.45, 2.75) is 44.6 Å². The minimum absolute atomic E-state index is 0.522. The number of aliphatic carboxylic acids is 1. The number of rotatable bonds is 5. The smallest absolute Gasteiger partial charge is 0.328 e. The third-order valence-corrected chi connectivity index (χ3v) is 3.01. The summed E-state index contributed by atoms with van der Waals surface area (Å²) >= 11 is 0. The largest absolute Gasteiger partial charge is 0.478 e. The van der Waals surface area contributed by atoms with Crippen LogP contribution in [0.1, 0.15) is 39.0 Å². The lowest BCUT2D eigenvalue weighted by atomic mass is 9.85. The molecule has 16 heavy (non-hydrogen) atoms. The molecule has 0 radical (unpaired) electrons. The number of carboxylic acids is 1. The molecule has 1 fully saturated rings. The molecule has 0 bridgehead atoms. The molecule has 0 spiro atoms. The normalized spacial score (nSPS) is 20.8. The van der Waals surface area contributed by atoms with E-state index >= 15 is 0 Å². The molecule has 0 aliphatic heterocycles. The Morgan fingerprint density at radius 1 is 1.38 bits per heavy atom. The van der Waals surface area contributed by atoms with Crippen LogP contribution < -0.4 is 5.32 Å². The van der Waals surface area contributed by atoms with Crippen molar-refractivity contribution in [2.24, 2.45) is 0 Å². The Hall–Kier alpha value is -0.870. The van der Waals surface area contributed by atoms with Gasteiger partial charge in [0.25, 0.3) is 0 Å². The van der Waals surface area contributed by atoms with E-state index in [1.54, 1.807) is 6.92 Å². The lowest BCUT2D eigenvalue weighted by Gasteiger charge is -2.32. The number of carbonyl (C=O) groups is 1. The monoisotopic (exact) mass is 227 g/mol. The Morgan fingerprint density at radius 3 is 2.56 bits per heavy atom. The van der Waals surface area contributed by atoms with Crippen LogP contribution in [0.2, 0.25) is 0 Å². The molecule has 1 rings (SSSR count). The zero-order chi connectivity index (χ0) is 12.0. The quantitative estimate of drug-likeness (QED) is 0.619. The number of hydrogen-bond acceptors (Lipinski definition) is 3. The van der Waals surface area contributed by atoms with Crippen molar-refractivity contribution in [1.82, 2.24) is 5.32 Å². The minimum Gasteiger partial charge on any atom is -0.478 e. The molecule has 0 unspecified atom stereocenters.